The summed E-state index contributed by atoms with van der Waals surface area (Å²) >= 11 is 0. The second-order valence-electron chi connectivity index (χ2n) is 5.27. The molecule has 0 spiro atoms. The maximum Gasteiger partial charge on any atom is 0.0899 e. The number of aryl methyl sites for hydroxylation is 2. The Balaban J connectivity index is 2.19. The van der Waals surface area contributed by atoms with Crippen LogP contribution in [0, 0.1) is 13.8 Å². The largest absolute Gasteiger partial charge is 0.357 e. The minimum absolute atomic E-state index is 0.895. The van der Waals surface area contributed by atoms with E-state index in [-0.39, 0.29) is 0 Å². The zero-order valence-electron chi connectivity index (χ0n) is 12.9. The molecule has 2 aromatic carbocycles. The molecule has 0 saturated heterocycles. The molecule has 2 nitrogen and oxygen atoms in total. The van der Waals surface area contributed by atoms with Crippen LogP contribution in [0.5, 0.6) is 0 Å². The van der Waals surface area contributed by atoms with Gasteiger partial charge >= 0.3 is 0 Å². The molecule has 0 bridgehead atoms. The third-order valence-electron chi connectivity index (χ3n) is 3.75. The molecule has 2 aromatic rings. The highest BCUT2D eigenvalue weighted by atomic mass is 15.3. The zero-order chi connectivity index (χ0) is 14.5. The van der Waals surface area contributed by atoms with E-state index in [4.69, 9.17) is 0 Å². The van der Waals surface area contributed by atoms with Crippen molar-refractivity contribution in [3.05, 3.63) is 59.7 Å². The van der Waals surface area contributed by atoms with Crippen LogP contribution in [0.3, 0.4) is 0 Å². The van der Waals surface area contributed by atoms with E-state index in [1.54, 1.807) is 0 Å². The van der Waals surface area contributed by atoms with Gasteiger partial charge in [-0.2, -0.15) is 0 Å². The van der Waals surface area contributed by atoms with E-state index < -0.39 is 0 Å². The number of rotatable bonds is 5. The normalized spacial score (nSPS) is 10.4. The summed E-state index contributed by atoms with van der Waals surface area (Å²) in [5, 5.41) is 0. The highest BCUT2D eigenvalue weighted by Crippen LogP contribution is 2.22. The van der Waals surface area contributed by atoms with Gasteiger partial charge in [0, 0.05) is 25.0 Å². The Hall–Kier alpha value is -1.96. The van der Waals surface area contributed by atoms with E-state index in [1.165, 1.54) is 22.5 Å². The lowest BCUT2D eigenvalue weighted by Gasteiger charge is -2.32. The van der Waals surface area contributed by atoms with Gasteiger partial charge in [0.05, 0.1) is 6.67 Å². The predicted molar refractivity (Wildman–Crippen MR) is 88.6 cm³/mol. The molecular formula is C18H24N2. The molecule has 0 unspecified atom stereocenters. The predicted octanol–water partition coefficient (Wildman–Crippen LogP) is 4.22. The highest BCUT2D eigenvalue weighted by molar-refractivity contribution is 5.57. The maximum absolute atomic E-state index is 2.40. The Morgan fingerprint density at radius 3 is 1.80 bits per heavy atom. The first-order valence-corrected chi connectivity index (χ1v) is 7.20. The molecule has 0 aliphatic rings. The van der Waals surface area contributed by atoms with E-state index in [0.717, 1.165) is 13.2 Å². The Bertz CT molecular complexity index is 563. The molecule has 2 rings (SSSR count). The molecule has 20 heavy (non-hydrogen) atoms. The van der Waals surface area contributed by atoms with Gasteiger partial charge in [0.2, 0.25) is 0 Å². The number of benzene rings is 2. The molecule has 0 aliphatic carbocycles. The molecule has 0 aliphatic heterocycles. The fourth-order valence-electron chi connectivity index (χ4n) is 2.59. The number of anilines is 2. The van der Waals surface area contributed by atoms with E-state index >= 15 is 0 Å². The molecule has 106 valence electrons. The van der Waals surface area contributed by atoms with E-state index in [2.05, 4.69) is 86.1 Å². The molecule has 0 aromatic heterocycles. The number of nitrogens with zero attached hydrogens (tertiary/aromatic N) is 2. The zero-order valence-corrected chi connectivity index (χ0v) is 12.9. The molecule has 0 saturated carbocycles. The summed E-state index contributed by atoms with van der Waals surface area (Å²) < 4.78 is 0. The molecule has 0 heterocycles. The lowest BCUT2D eigenvalue weighted by Crippen LogP contribution is -2.36. The van der Waals surface area contributed by atoms with Crippen LogP contribution in [-0.4, -0.2) is 20.3 Å². The topological polar surface area (TPSA) is 6.48 Å². The summed E-state index contributed by atoms with van der Waals surface area (Å²) in [5.41, 5.74) is 5.25. The molecule has 0 radical (unpaired) electrons. The molecular weight excluding hydrogens is 244 g/mol. The number of hydrogen-bond donors (Lipinski definition) is 0. The molecule has 0 N–H and O–H groups in total. The van der Waals surface area contributed by atoms with Gasteiger partial charge in [-0.25, -0.2) is 0 Å². The Morgan fingerprint density at radius 1 is 0.800 bits per heavy atom. The van der Waals surface area contributed by atoms with Gasteiger partial charge in [0.1, 0.15) is 0 Å². The molecule has 0 fully saturated rings. The average molecular weight is 268 g/mol. The van der Waals surface area contributed by atoms with Crippen molar-refractivity contribution >= 4 is 11.4 Å². The van der Waals surface area contributed by atoms with E-state index in [9.17, 15) is 0 Å². The van der Waals surface area contributed by atoms with Crippen LogP contribution in [0.15, 0.2) is 48.5 Å². The van der Waals surface area contributed by atoms with Gasteiger partial charge in [0.25, 0.3) is 0 Å². The van der Waals surface area contributed by atoms with Crippen molar-refractivity contribution in [1.82, 2.24) is 0 Å². The Kier molecular flexibility index (Phi) is 4.67. The van der Waals surface area contributed by atoms with Crippen molar-refractivity contribution in [3.8, 4) is 0 Å². The fraction of sp³-hybridized carbons (Fsp3) is 0.333. The quantitative estimate of drug-likeness (QED) is 0.749. The van der Waals surface area contributed by atoms with E-state index in [0.29, 0.717) is 0 Å². The van der Waals surface area contributed by atoms with Crippen LogP contribution in [0.25, 0.3) is 0 Å². The second kappa shape index (κ2) is 6.47. The van der Waals surface area contributed by atoms with Crippen molar-refractivity contribution in [1.29, 1.82) is 0 Å². The maximum atomic E-state index is 2.40. The first-order valence-electron chi connectivity index (χ1n) is 7.20. The van der Waals surface area contributed by atoms with Crippen LogP contribution < -0.4 is 9.80 Å². The van der Waals surface area contributed by atoms with Crippen molar-refractivity contribution in [2.45, 2.75) is 20.8 Å². The second-order valence-corrected chi connectivity index (χ2v) is 5.27. The van der Waals surface area contributed by atoms with E-state index in [1.807, 2.05) is 0 Å². The summed E-state index contributed by atoms with van der Waals surface area (Å²) in [6, 6.07) is 17.1. The van der Waals surface area contributed by atoms with Gasteiger partial charge in [-0.1, -0.05) is 36.4 Å². The van der Waals surface area contributed by atoms with Crippen molar-refractivity contribution in [2.75, 3.05) is 30.1 Å². The summed E-state index contributed by atoms with van der Waals surface area (Å²) in [6.45, 7) is 8.44. The summed E-state index contributed by atoms with van der Waals surface area (Å²) in [6.07, 6.45) is 0. The van der Waals surface area contributed by atoms with Crippen LogP contribution in [0.4, 0.5) is 11.4 Å². The van der Waals surface area contributed by atoms with Gasteiger partial charge < -0.3 is 9.80 Å². The minimum Gasteiger partial charge on any atom is -0.357 e. The van der Waals surface area contributed by atoms with Gasteiger partial charge in [-0.15, -0.1) is 0 Å². The van der Waals surface area contributed by atoms with Crippen molar-refractivity contribution < 1.29 is 0 Å². The van der Waals surface area contributed by atoms with Crippen molar-refractivity contribution in [2.24, 2.45) is 0 Å². The first kappa shape index (κ1) is 14.4. The standard InChI is InChI=1S/C18H24N2/c1-5-20(18-13-9-7-11-16(18)3)14-19(4)17-12-8-6-10-15(17)2/h6-13H,5,14H2,1-4H3. The van der Waals surface area contributed by atoms with Crippen LogP contribution in [0.2, 0.25) is 0 Å². The smallest absolute Gasteiger partial charge is 0.0899 e. The van der Waals surface area contributed by atoms with Crippen LogP contribution >= 0.6 is 0 Å². The summed E-state index contributed by atoms with van der Waals surface area (Å²) in [4.78, 5) is 4.72. The SMILES string of the molecule is CCN(CN(C)c1ccccc1C)c1ccccc1C. The molecule has 0 amide bonds. The Morgan fingerprint density at radius 2 is 1.30 bits per heavy atom. The van der Waals surface area contributed by atoms with Gasteiger partial charge in [0.15, 0.2) is 0 Å². The van der Waals surface area contributed by atoms with Crippen molar-refractivity contribution in [3.63, 3.8) is 0 Å². The van der Waals surface area contributed by atoms with Crippen LogP contribution in [0.1, 0.15) is 18.1 Å². The highest BCUT2D eigenvalue weighted by Gasteiger charge is 2.11. The van der Waals surface area contributed by atoms with Gasteiger partial charge in [-0.3, -0.25) is 0 Å². The fourth-order valence-corrected chi connectivity index (χ4v) is 2.59. The third kappa shape index (κ3) is 3.13. The average Bonchev–Trinajstić information content (AvgIpc) is 2.46. The lowest BCUT2D eigenvalue weighted by atomic mass is 10.1. The lowest BCUT2D eigenvalue weighted by molar-refractivity contribution is 0.790. The molecule has 2 heteroatoms. The number of para-hydroxylation sites is 2. The molecule has 0 atom stereocenters. The van der Waals surface area contributed by atoms with Gasteiger partial charge in [-0.05, 0) is 44.0 Å². The third-order valence-corrected chi connectivity index (χ3v) is 3.75. The first-order chi connectivity index (χ1) is 9.63. The summed E-state index contributed by atoms with van der Waals surface area (Å²) in [5.74, 6) is 0. The Labute approximate surface area is 122 Å². The van der Waals surface area contributed by atoms with Crippen LogP contribution in [-0.2, 0) is 0 Å². The summed E-state index contributed by atoms with van der Waals surface area (Å²) in [7, 11) is 2.16. The monoisotopic (exact) mass is 268 g/mol. The minimum atomic E-state index is 0.895. The number of hydrogen-bond acceptors (Lipinski definition) is 2.